The smallest absolute Gasteiger partial charge is 0.0389 e. The van der Waals surface area contributed by atoms with E-state index in [0.29, 0.717) is 0 Å². The molecule has 4 aliphatic carbocycles. The van der Waals surface area contributed by atoms with Gasteiger partial charge in [-0.1, -0.05) is 125 Å². The van der Waals surface area contributed by atoms with Crippen LogP contribution in [0.5, 0.6) is 0 Å². The Morgan fingerprint density at radius 2 is 0.688 bits per heavy atom. The zero-order valence-corrected chi connectivity index (χ0v) is 31.1. The van der Waals surface area contributed by atoms with E-state index in [1.807, 2.05) is 0 Å². The summed E-state index contributed by atoms with van der Waals surface area (Å²) in [7, 11) is 0. The van der Waals surface area contributed by atoms with Gasteiger partial charge in [0, 0.05) is 25.5 Å². The van der Waals surface area contributed by atoms with E-state index in [2.05, 4.69) is 50.5 Å². The standard InChI is InChI=1S/C46H68N2/c1-35-29-41(37-19-9-5-10-20-37)45(42(30-35)38-21-11-6-12-22-38)33-47-27-17-3-4-18-28-48-34-46-43(39-23-13-7-14-24-39)31-36(2)32-44(46)40-25-15-8-16-26-40/h29-34,37-40H,3-28H2,1-2H3/b47-33+,48-34+. The largest absolute Gasteiger partial charge is 0.293 e. The van der Waals surface area contributed by atoms with Crippen molar-refractivity contribution < 1.29 is 0 Å². The highest BCUT2D eigenvalue weighted by atomic mass is 14.7. The monoisotopic (exact) mass is 649 g/mol. The Bertz CT molecular complexity index is 1140. The number of aryl methyl sites for hydroxylation is 2. The molecule has 0 aromatic heterocycles. The maximum Gasteiger partial charge on any atom is 0.0389 e. The van der Waals surface area contributed by atoms with Gasteiger partial charge in [0.25, 0.3) is 0 Å². The van der Waals surface area contributed by atoms with Gasteiger partial charge in [0.15, 0.2) is 0 Å². The maximum absolute atomic E-state index is 5.12. The van der Waals surface area contributed by atoms with Gasteiger partial charge >= 0.3 is 0 Å². The fraction of sp³-hybridized carbons (Fsp3) is 0.696. The van der Waals surface area contributed by atoms with Crippen LogP contribution >= 0.6 is 0 Å². The Labute approximate surface area is 295 Å². The number of hydrogen-bond acceptors (Lipinski definition) is 2. The van der Waals surface area contributed by atoms with Gasteiger partial charge in [0.2, 0.25) is 0 Å². The molecule has 2 aromatic carbocycles. The van der Waals surface area contributed by atoms with Crippen molar-refractivity contribution in [1.29, 1.82) is 0 Å². The van der Waals surface area contributed by atoms with Crippen LogP contribution < -0.4 is 0 Å². The van der Waals surface area contributed by atoms with E-state index in [9.17, 15) is 0 Å². The van der Waals surface area contributed by atoms with Crippen LogP contribution in [-0.4, -0.2) is 25.5 Å². The molecule has 4 fully saturated rings. The van der Waals surface area contributed by atoms with E-state index in [1.54, 1.807) is 22.3 Å². The van der Waals surface area contributed by atoms with E-state index < -0.39 is 0 Å². The first-order chi connectivity index (χ1) is 23.7. The average molecular weight is 649 g/mol. The lowest BCUT2D eigenvalue weighted by Gasteiger charge is -2.29. The van der Waals surface area contributed by atoms with Crippen molar-refractivity contribution in [1.82, 2.24) is 0 Å². The van der Waals surface area contributed by atoms with Crippen molar-refractivity contribution >= 4 is 12.4 Å². The van der Waals surface area contributed by atoms with Crippen LogP contribution in [-0.2, 0) is 0 Å². The minimum Gasteiger partial charge on any atom is -0.293 e. The highest BCUT2D eigenvalue weighted by Crippen LogP contribution is 2.42. The highest BCUT2D eigenvalue weighted by Gasteiger charge is 2.26. The molecule has 2 heteroatoms. The lowest BCUT2D eigenvalue weighted by atomic mass is 9.76. The van der Waals surface area contributed by atoms with Crippen LogP contribution in [0.1, 0.15) is 222 Å². The van der Waals surface area contributed by atoms with E-state index in [4.69, 9.17) is 9.98 Å². The number of rotatable bonds is 13. The van der Waals surface area contributed by atoms with Crippen LogP contribution in [0, 0.1) is 13.8 Å². The van der Waals surface area contributed by atoms with Gasteiger partial charge < -0.3 is 0 Å². The summed E-state index contributed by atoms with van der Waals surface area (Å²) in [6, 6.07) is 10.1. The van der Waals surface area contributed by atoms with Crippen LogP contribution in [0.2, 0.25) is 0 Å². The van der Waals surface area contributed by atoms with Crippen LogP contribution in [0.25, 0.3) is 0 Å². The zero-order chi connectivity index (χ0) is 33.0. The summed E-state index contributed by atoms with van der Waals surface area (Å²) in [5, 5.41) is 0. The zero-order valence-electron chi connectivity index (χ0n) is 31.1. The van der Waals surface area contributed by atoms with Crippen LogP contribution in [0.3, 0.4) is 0 Å². The Morgan fingerprint density at radius 3 is 0.958 bits per heavy atom. The first-order valence-electron chi connectivity index (χ1n) is 21.0. The van der Waals surface area contributed by atoms with E-state index in [-0.39, 0.29) is 0 Å². The van der Waals surface area contributed by atoms with E-state index >= 15 is 0 Å². The molecule has 0 radical (unpaired) electrons. The fourth-order valence-electron chi connectivity index (χ4n) is 10.1. The molecule has 2 nitrogen and oxygen atoms in total. The molecule has 0 amide bonds. The molecule has 0 unspecified atom stereocenters. The van der Waals surface area contributed by atoms with E-state index in [1.165, 1.54) is 176 Å². The predicted molar refractivity (Wildman–Crippen MR) is 209 cm³/mol. The molecule has 6 rings (SSSR count). The van der Waals surface area contributed by atoms with Crippen molar-refractivity contribution in [2.75, 3.05) is 13.1 Å². The van der Waals surface area contributed by atoms with Crippen molar-refractivity contribution in [2.24, 2.45) is 9.98 Å². The minimum absolute atomic E-state index is 0.736. The molecule has 0 spiro atoms. The van der Waals surface area contributed by atoms with Crippen LogP contribution in [0.4, 0.5) is 0 Å². The number of nitrogens with zero attached hydrogens (tertiary/aromatic N) is 2. The number of hydrogen-bond donors (Lipinski definition) is 0. The predicted octanol–water partition coefficient (Wildman–Crippen LogP) is 13.6. The molecule has 2 aromatic rings. The Balaban J connectivity index is 1.03. The van der Waals surface area contributed by atoms with Crippen molar-refractivity contribution in [3.63, 3.8) is 0 Å². The Hall–Kier alpha value is -2.22. The summed E-state index contributed by atoms with van der Waals surface area (Å²) in [6.45, 7) is 6.58. The molecule has 262 valence electrons. The molecule has 0 saturated heterocycles. The summed E-state index contributed by atoms with van der Waals surface area (Å²) in [5.74, 6) is 2.95. The third-order valence-electron chi connectivity index (χ3n) is 12.7. The number of aliphatic imine (C=N–C) groups is 2. The lowest BCUT2D eigenvalue weighted by molar-refractivity contribution is 0.434. The van der Waals surface area contributed by atoms with Gasteiger partial charge in [-0.2, -0.15) is 0 Å². The Kier molecular flexibility index (Phi) is 13.9. The molecular formula is C46H68N2. The maximum atomic E-state index is 5.12. The van der Waals surface area contributed by atoms with Crippen molar-refractivity contribution in [3.05, 3.63) is 68.8 Å². The molecule has 48 heavy (non-hydrogen) atoms. The molecule has 0 aliphatic heterocycles. The van der Waals surface area contributed by atoms with E-state index in [0.717, 1.165) is 36.8 Å². The first-order valence-corrected chi connectivity index (χ1v) is 21.0. The summed E-state index contributed by atoms with van der Waals surface area (Å²) in [4.78, 5) is 10.2. The lowest BCUT2D eigenvalue weighted by Crippen LogP contribution is -2.13. The fourth-order valence-corrected chi connectivity index (χ4v) is 10.1. The second-order valence-electron chi connectivity index (χ2n) is 16.5. The number of unbranched alkanes of at least 4 members (excludes halogenated alkanes) is 3. The second-order valence-corrected chi connectivity index (χ2v) is 16.5. The molecule has 0 atom stereocenters. The molecule has 0 heterocycles. The quantitative estimate of drug-likeness (QED) is 0.152. The SMILES string of the molecule is Cc1cc(C2CCCCC2)c(/C=N/CCCCCC/N=C/c2c(C3CCCCC3)cc(C)cc2C2CCCCC2)c(C2CCCCC2)c1. The molecular weight excluding hydrogens is 581 g/mol. The van der Waals surface area contributed by atoms with Crippen molar-refractivity contribution in [3.8, 4) is 0 Å². The third kappa shape index (κ3) is 9.72. The second kappa shape index (κ2) is 18.7. The summed E-state index contributed by atoms with van der Waals surface area (Å²) < 4.78 is 0. The van der Waals surface area contributed by atoms with Crippen molar-refractivity contribution in [2.45, 2.75) is 192 Å². The summed E-state index contributed by atoms with van der Waals surface area (Å²) in [6.07, 6.45) is 37.3. The summed E-state index contributed by atoms with van der Waals surface area (Å²) >= 11 is 0. The third-order valence-corrected chi connectivity index (χ3v) is 12.7. The molecule has 0 bridgehead atoms. The molecule has 4 aliphatic rings. The normalized spacial score (nSPS) is 21.1. The van der Waals surface area contributed by atoms with Crippen LogP contribution in [0.15, 0.2) is 34.3 Å². The Morgan fingerprint density at radius 1 is 0.417 bits per heavy atom. The van der Waals surface area contributed by atoms with Gasteiger partial charge in [-0.15, -0.1) is 0 Å². The average Bonchev–Trinajstić information content (AvgIpc) is 3.14. The van der Waals surface area contributed by atoms with Gasteiger partial charge in [-0.25, -0.2) is 0 Å². The summed E-state index contributed by atoms with van der Waals surface area (Å²) in [5.41, 5.74) is 12.5. The molecule has 4 saturated carbocycles. The molecule has 0 N–H and O–H groups in total. The minimum atomic E-state index is 0.736. The van der Waals surface area contributed by atoms with Gasteiger partial charge in [0.05, 0.1) is 0 Å². The van der Waals surface area contributed by atoms with Gasteiger partial charge in [0.1, 0.15) is 0 Å². The first kappa shape index (κ1) is 35.6. The number of benzene rings is 2. The van der Waals surface area contributed by atoms with Gasteiger partial charge in [-0.05, 0) is 135 Å². The highest BCUT2D eigenvalue weighted by molar-refractivity contribution is 5.85. The van der Waals surface area contributed by atoms with Gasteiger partial charge in [-0.3, -0.25) is 9.98 Å². The topological polar surface area (TPSA) is 24.7 Å².